The third-order valence-electron chi connectivity index (χ3n) is 4.75. The summed E-state index contributed by atoms with van der Waals surface area (Å²) in [5.41, 5.74) is 2.29. The molecule has 21 heavy (non-hydrogen) atoms. The number of anilines is 1. The van der Waals surface area contributed by atoms with E-state index >= 15 is 0 Å². The molecule has 4 nitrogen and oxygen atoms in total. The third-order valence-corrected chi connectivity index (χ3v) is 4.75. The lowest BCUT2D eigenvalue weighted by Gasteiger charge is -2.36. The topological polar surface area (TPSA) is 42.7 Å². The molecule has 1 aromatic carbocycles. The first-order valence-corrected chi connectivity index (χ1v) is 7.86. The molecule has 2 atom stereocenters. The highest BCUT2D eigenvalue weighted by Crippen LogP contribution is 2.34. The highest BCUT2D eigenvalue weighted by atomic mass is 15.2. The van der Waals surface area contributed by atoms with E-state index in [2.05, 4.69) is 53.6 Å². The molecule has 1 fully saturated rings. The van der Waals surface area contributed by atoms with Crippen molar-refractivity contribution < 1.29 is 0 Å². The van der Waals surface area contributed by atoms with Gasteiger partial charge < -0.3 is 9.88 Å². The molecular formula is C17H24N4. The van der Waals surface area contributed by atoms with E-state index in [1.807, 2.05) is 11.6 Å². The van der Waals surface area contributed by atoms with E-state index in [1.54, 1.807) is 6.33 Å². The third kappa shape index (κ3) is 2.80. The van der Waals surface area contributed by atoms with Gasteiger partial charge in [0.05, 0.1) is 0 Å². The first kappa shape index (κ1) is 14.1. The summed E-state index contributed by atoms with van der Waals surface area (Å²) in [5, 5.41) is 12.0. The summed E-state index contributed by atoms with van der Waals surface area (Å²) in [6.07, 6.45) is 5.73. The van der Waals surface area contributed by atoms with Gasteiger partial charge in [-0.2, -0.15) is 0 Å². The zero-order chi connectivity index (χ0) is 14.8. The SMILES string of the molecule is CC1CCCC(C)C1Nc1ccccc1-c1nncn1C. The van der Waals surface area contributed by atoms with Crippen molar-refractivity contribution in [1.82, 2.24) is 14.8 Å². The second-order valence-electron chi connectivity index (χ2n) is 6.37. The van der Waals surface area contributed by atoms with Gasteiger partial charge in [0, 0.05) is 24.3 Å². The monoisotopic (exact) mass is 284 g/mol. The summed E-state index contributed by atoms with van der Waals surface area (Å²) < 4.78 is 1.97. The van der Waals surface area contributed by atoms with Gasteiger partial charge in [0.2, 0.25) is 0 Å². The predicted octanol–water partition coefficient (Wildman–Crippen LogP) is 3.72. The maximum atomic E-state index is 4.25. The van der Waals surface area contributed by atoms with Crippen LogP contribution in [0.5, 0.6) is 0 Å². The number of para-hydroxylation sites is 1. The van der Waals surface area contributed by atoms with Crippen LogP contribution >= 0.6 is 0 Å². The van der Waals surface area contributed by atoms with Crippen LogP contribution < -0.4 is 5.32 Å². The van der Waals surface area contributed by atoms with Gasteiger partial charge in [0.15, 0.2) is 5.82 Å². The average Bonchev–Trinajstić information content (AvgIpc) is 2.90. The molecule has 1 aromatic heterocycles. The fraction of sp³-hybridized carbons (Fsp3) is 0.529. The minimum Gasteiger partial charge on any atom is -0.381 e. The predicted molar refractivity (Wildman–Crippen MR) is 86.0 cm³/mol. The van der Waals surface area contributed by atoms with Gasteiger partial charge in [-0.1, -0.05) is 32.4 Å². The number of rotatable bonds is 3. The Bertz CT molecular complexity index is 594. The van der Waals surface area contributed by atoms with E-state index in [0.29, 0.717) is 17.9 Å². The molecule has 2 aromatic rings. The summed E-state index contributed by atoms with van der Waals surface area (Å²) in [6.45, 7) is 4.72. The number of hydrogen-bond donors (Lipinski definition) is 1. The number of benzene rings is 1. The van der Waals surface area contributed by atoms with Gasteiger partial charge in [-0.3, -0.25) is 0 Å². The zero-order valence-corrected chi connectivity index (χ0v) is 13.1. The van der Waals surface area contributed by atoms with Crippen molar-refractivity contribution in [1.29, 1.82) is 0 Å². The summed E-state index contributed by atoms with van der Waals surface area (Å²) in [4.78, 5) is 0. The van der Waals surface area contributed by atoms with Crippen molar-refractivity contribution >= 4 is 5.69 Å². The zero-order valence-electron chi connectivity index (χ0n) is 13.1. The highest BCUT2D eigenvalue weighted by molar-refractivity contribution is 5.73. The highest BCUT2D eigenvalue weighted by Gasteiger charge is 2.28. The number of nitrogens with one attached hydrogen (secondary N) is 1. The Kier molecular flexibility index (Phi) is 3.95. The lowest BCUT2D eigenvalue weighted by molar-refractivity contribution is 0.268. The van der Waals surface area contributed by atoms with Gasteiger partial charge >= 0.3 is 0 Å². The van der Waals surface area contributed by atoms with Crippen LogP contribution in [-0.4, -0.2) is 20.8 Å². The van der Waals surface area contributed by atoms with Gasteiger partial charge in [-0.05, 0) is 36.8 Å². The van der Waals surface area contributed by atoms with Gasteiger partial charge in [-0.15, -0.1) is 10.2 Å². The quantitative estimate of drug-likeness (QED) is 0.934. The molecule has 2 unspecified atom stereocenters. The molecule has 1 heterocycles. The largest absolute Gasteiger partial charge is 0.381 e. The minimum absolute atomic E-state index is 0.535. The molecule has 1 saturated carbocycles. The van der Waals surface area contributed by atoms with Gasteiger partial charge in [0.25, 0.3) is 0 Å². The van der Waals surface area contributed by atoms with Crippen molar-refractivity contribution in [3.05, 3.63) is 30.6 Å². The van der Waals surface area contributed by atoms with Crippen LogP contribution in [0.3, 0.4) is 0 Å². The second kappa shape index (κ2) is 5.88. The Morgan fingerprint density at radius 3 is 2.52 bits per heavy atom. The van der Waals surface area contributed by atoms with Crippen molar-refractivity contribution in [2.24, 2.45) is 18.9 Å². The first-order valence-electron chi connectivity index (χ1n) is 7.86. The van der Waals surface area contributed by atoms with E-state index in [4.69, 9.17) is 0 Å². The summed E-state index contributed by atoms with van der Waals surface area (Å²) in [7, 11) is 1.98. The van der Waals surface area contributed by atoms with E-state index in [-0.39, 0.29) is 0 Å². The Balaban J connectivity index is 1.91. The Morgan fingerprint density at radius 2 is 1.86 bits per heavy atom. The summed E-state index contributed by atoms with van der Waals surface area (Å²) >= 11 is 0. The van der Waals surface area contributed by atoms with Crippen LogP contribution in [-0.2, 0) is 7.05 Å². The average molecular weight is 284 g/mol. The maximum absolute atomic E-state index is 4.25. The van der Waals surface area contributed by atoms with Crippen molar-refractivity contribution in [2.75, 3.05) is 5.32 Å². The summed E-state index contributed by atoms with van der Waals surface area (Å²) in [6, 6.07) is 8.94. The van der Waals surface area contributed by atoms with Crippen LogP contribution in [0.15, 0.2) is 30.6 Å². The first-order chi connectivity index (χ1) is 10.2. The minimum atomic E-state index is 0.535. The number of aromatic nitrogens is 3. The normalized spacial score (nSPS) is 25.8. The molecule has 1 N–H and O–H groups in total. The Hall–Kier alpha value is -1.84. The van der Waals surface area contributed by atoms with Crippen molar-refractivity contribution in [2.45, 2.75) is 39.2 Å². The Morgan fingerprint density at radius 1 is 1.14 bits per heavy atom. The molecule has 0 bridgehead atoms. The van der Waals surface area contributed by atoms with Crippen molar-refractivity contribution in [3.8, 4) is 11.4 Å². The van der Waals surface area contributed by atoms with Crippen LogP contribution in [0.25, 0.3) is 11.4 Å². The molecule has 112 valence electrons. The van der Waals surface area contributed by atoms with Crippen LogP contribution in [0.4, 0.5) is 5.69 Å². The summed E-state index contributed by atoms with van der Waals surface area (Å²) in [5.74, 6) is 2.33. The molecule has 0 saturated heterocycles. The van der Waals surface area contributed by atoms with Crippen LogP contribution in [0.1, 0.15) is 33.1 Å². The lowest BCUT2D eigenvalue weighted by Crippen LogP contribution is -2.37. The fourth-order valence-corrected chi connectivity index (χ4v) is 3.48. The molecule has 4 heteroatoms. The van der Waals surface area contributed by atoms with E-state index in [0.717, 1.165) is 11.4 Å². The second-order valence-corrected chi connectivity index (χ2v) is 6.37. The van der Waals surface area contributed by atoms with Crippen molar-refractivity contribution in [3.63, 3.8) is 0 Å². The van der Waals surface area contributed by atoms with Gasteiger partial charge in [0.1, 0.15) is 6.33 Å². The molecule has 0 spiro atoms. The molecule has 0 aliphatic heterocycles. The number of aryl methyl sites for hydroxylation is 1. The molecule has 1 aliphatic carbocycles. The standard InChI is InChI=1S/C17H24N4/c1-12-7-6-8-13(2)16(12)19-15-10-5-4-9-14(15)17-20-18-11-21(17)3/h4-5,9-13,16,19H,6-8H2,1-3H3. The fourth-order valence-electron chi connectivity index (χ4n) is 3.48. The van der Waals surface area contributed by atoms with Crippen LogP contribution in [0.2, 0.25) is 0 Å². The smallest absolute Gasteiger partial charge is 0.165 e. The lowest BCUT2D eigenvalue weighted by atomic mass is 9.78. The molecule has 3 rings (SSSR count). The maximum Gasteiger partial charge on any atom is 0.165 e. The van der Waals surface area contributed by atoms with Crippen LogP contribution in [0, 0.1) is 11.8 Å². The van der Waals surface area contributed by atoms with E-state index in [1.165, 1.54) is 24.9 Å². The molecular weight excluding hydrogens is 260 g/mol. The van der Waals surface area contributed by atoms with E-state index in [9.17, 15) is 0 Å². The molecule has 1 aliphatic rings. The van der Waals surface area contributed by atoms with E-state index < -0.39 is 0 Å². The number of nitrogens with zero attached hydrogens (tertiary/aromatic N) is 3. The molecule has 0 amide bonds. The Labute approximate surface area is 126 Å². The molecule has 0 radical (unpaired) electrons. The van der Waals surface area contributed by atoms with Gasteiger partial charge in [-0.25, -0.2) is 0 Å². The number of hydrogen-bond acceptors (Lipinski definition) is 3.